The molecular formula is C16H32N2O2. The lowest BCUT2D eigenvalue weighted by Crippen LogP contribution is -2.47. The molecule has 1 saturated carbocycles. The Labute approximate surface area is 124 Å². The van der Waals surface area contributed by atoms with Crippen molar-refractivity contribution in [3.8, 4) is 0 Å². The van der Waals surface area contributed by atoms with Gasteiger partial charge in [-0.15, -0.1) is 0 Å². The normalized spacial score (nSPS) is 27.2. The Kier molecular flexibility index (Phi) is 7.52. The molecule has 3 unspecified atom stereocenters. The van der Waals surface area contributed by atoms with Crippen molar-refractivity contribution >= 4 is 5.97 Å². The molecule has 0 aromatic carbocycles. The van der Waals surface area contributed by atoms with Crippen LogP contribution in [0.25, 0.3) is 0 Å². The predicted molar refractivity (Wildman–Crippen MR) is 83.0 cm³/mol. The summed E-state index contributed by atoms with van der Waals surface area (Å²) >= 11 is 0. The summed E-state index contributed by atoms with van der Waals surface area (Å²) < 4.78 is 0. The molecular weight excluding hydrogens is 252 g/mol. The van der Waals surface area contributed by atoms with E-state index in [2.05, 4.69) is 37.7 Å². The molecule has 1 aliphatic carbocycles. The van der Waals surface area contributed by atoms with Crippen molar-refractivity contribution in [1.29, 1.82) is 0 Å². The standard InChI is InChI=1S/C16H32N2O2/c1-5-13-8-9-14(16(19)20)15(12-13)18(6-2)11-7-10-17(3)4/h13-15H,5-12H2,1-4H3,(H,19,20). The van der Waals surface area contributed by atoms with Crippen molar-refractivity contribution < 1.29 is 9.90 Å². The van der Waals surface area contributed by atoms with Gasteiger partial charge in [-0.2, -0.15) is 0 Å². The third-order valence-corrected chi connectivity index (χ3v) is 4.75. The maximum Gasteiger partial charge on any atom is 0.308 e. The first-order chi connectivity index (χ1) is 9.49. The van der Waals surface area contributed by atoms with Crippen LogP contribution in [-0.4, -0.2) is 60.6 Å². The summed E-state index contributed by atoms with van der Waals surface area (Å²) in [4.78, 5) is 16.1. The van der Waals surface area contributed by atoms with E-state index in [1.807, 2.05) is 0 Å². The van der Waals surface area contributed by atoms with Crippen LogP contribution in [-0.2, 0) is 4.79 Å². The van der Waals surface area contributed by atoms with Gasteiger partial charge in [-0.25, -0.2) is 0 Å². The first-order valence-electron chi connectivity index (χ1n) is 8.11. The number of carbonyl (C=O) groups is 1. The maximum atomic E-state index is 11.5. The summed E-state index contributed by atoms with van der Waals surface area (Å²) in [5, 5.41) is 9.49. The molecule has 0 saturated heterocycles. The minimum atomic E-state index is -0.601. The Morgan fingerprint density at radius 1 is 1.20 bits per heavy atom. The molecule has 1 fully saturated rings. The van der Waals surface area contributed by atoms with Crippen LogP contribution in [0.2, 0.25) is 0 Å². The molecule has 118 valence electrons. The largest absolute Gasteiger partial charge is 0.481 e. The summed E-state index contributed by atoms with van der Waals surface area (Å²) in [5.74, 6) is -0.0637. The molecule has 1 aliphatic rings. The van der Waals surface area contributed by atoms with Crippen LogP contribution in [0.5, 0.6) is 0 Å². The number of carboxylic acid groups (broad SMARTS) is 1. The van der Waals surface area contributed by atoms with E-state index in [9.17, 15) is 9.90 Å². The van der Waals surface area contributed by atoms with E-state index in [1.165, 1.54) is 6.42 Å². The number of aliphatic carboxylic acids is 1. The highest BCUT2D eigenvalue weighted by molar-refractivity contribution is 5.71. The van der Waals surface area contributed by atoms with Gasteiger partial charge in [-0.3, -0.25) is 9.69 Å². The van der Waals surface area contributed by atoms with Gasteiger partial charge in [0.1, 0.15) is 0 Å². The van der Waals surface area contributed by atoms with E-state index in [0.717, 1.165) is 45.3 Å². The number of carboxylic acids is 1. The zero-order valence-electron chi connectivity index (χ0n) is 13.6. The first kappa shape index (κ1) is 17.4. The molecule has 0 aromatic rings. The molecule has 0 aliphatic heterocycles. The van der Waals surface area contributed by atoms with E-state index in [4.69, 9.17) is 0 Å². The van der Waals surface area contributed by atoms with Gasteiger partial charge in [0, 0.05) is 6.04 Å². The summed E-state index contributed by atoms with van der Waals surface area (Å²) in [6.45, 7) is 7.42. The topological polar surface area (TPSA) is 43.8 Å². The Morgan fingerprint density at radius 2 is 1.90 bits per heavy atom. The van der Waals surface area contributed by atoms with E-state index >= 15 is 0 Å². The Morgan fingerprint density at radius 3 is 2.40 bits per heavy atom. The number of hydrogen-bond donors (Lipinski definition) is 1. The second kappa shape index (κ2) is 8.63. The summed E-state index contributed by atoms with van der Waals surface area (Å²) in [7, 11) is 4.17. The van der Waals surface area contributed by atoms with Crippen LogP contribution >= 0.6 is 0 Å². The molecule has 3 atom stereocenters. The molecule has 1 N–H and O–H groups in total. The van der Waals surface area contributed by atoms with Crippen LogP contribution in [0.3, 0.4) is 0 Å². The van der Waals surface area contributed by atoms with Gasteiger partial charge >= 0.3 is 5.97 Å². The second-order valence-electron chi connectivity index (χ2n) is 6.38. The first-order valence-corrected chi connectivity index (χ1v) is 8.11. The van der Waals surface area contributed by atoms with Gasteiger partial charge in [0.25, 0.3) is 0 Å². The van der Waals surface area contributed by atoms with Crippen molar-refractivity contribution in [2.24, 2.45) is 11.8 Å². The van der Waals surface area contributed by atoms with Gasteiger partial charge in [0.05, 0.1) is 5.92 Å². The van der Waals surface area contributed by atoms with Crippen LogP contribution in [0.4, 0.5) is 0 Å². The van der Waals surface area contributed by atoms with Gasteiger partial charge < -0.3 is 10.0 Å². The van der Waals surface area contributed by atoms with Crippen molar-refractivity contribution in [3.05, 3.63) is 0 Å². The van der Waals surface area contributed by atoms with Gasteiger partial charge in [-0.05, 0) is 65.3 Å². The molecule has 0 amide bonds. The van der Waals surface area contributed by atoms with Crippen molar-refractivity contribution in [2.45, 2.75) is 52.0 Å². The molecule has 4 nitrogen and oxygen atoms in total. The molecule has 1 rings (SSSR count). The molecule has 0 heterocycles. The predicted octanol–water partition coefficient (Wildman–Crippen LogP) is 2.54. The lowest BCUT2D eigenvalue weighted by molar-refractivity contribution is -0.146. The molecule has 4 heteroatoms. The Balaban J connectivity index is 2.65. The van der Waals surface area contributed by atoms with Crippen molar-refractivity contribution in [3.63, 3.8) is 0 Å². The van der Waals surface area contributed by atoms with Crippen LogP contribution in [0.1, 0.15) is 46.0 Å². The van der Waals surface area contributed by atoms with Crippen LogP contribution in [0, 0.1) is 11.8 Å². The zero-order valence-corrected chi connectivity index (χ0v) is 13.6. The molecule has 0 radical (unpaired) electrons. The van der Waals surface area contributed by atoms with Gasteiger partial charge in [0.15, 0.2) is 0 Å². The summed E-state index contributed by atoms with van der Waals surface area (Å²) in [6, 6.07) is 0.235. The third-order valence-electron chi connectivity index (χ3n) is 4.75. The van der Waals surface area contributed by atoms with Crippen LogP contribution in [0.15, 0.2) is 0 Å². The highest BCUT2D eigenvalue weighted by Gasteiger charge is 2.37. The van der Waals surface area contributed by atoms with E-state index in [0.29, 0.717) is 5.92 Å². The van der Waals surface area contributed by atoms with Crippen LogP contribution < -0.4 is 0 Å². The minimum absolute atomic E-state index is 0.169. The Bertz CT molecular complexity index is 294. The SMILES string of the molecule is CCC1CCC(C(=O)O)C(N(CC)CCCN(C)C)C1. The maximum absolute atomic E-state index is 11.5. The number of rotatable bonds is 8. The van der Waals surface area contributed by atoms with Gasteiger partial charge in [0.2, 0.25) is 0 Å². The average Bonchev–Trinajstić information content (AvgIpc) is 2.42. The smallest absolute Gasteiger partial charge is 0.308 e. The van der Waals surface area contributed by atoms with Gasteiger partial charge in [-0.1, -0.05) is 20.3 Å². The average molecular weight is 284 g/mol. The second-order valence-corrected chi connectivity index (χ2v) is 6.38. The number of nitrogens with zero attached hydrogens (tertiary/aromatic N) is 2. The lowest BCUT2D eigenvalue weighted by Gasteiger charge is -2.40. The van der Waals surface area contributed by atoms with E-state index < -0.39 is 5.97 Å². The minimum Gasteiger partial charge on any atom is -0.481 e. The lowest BCUT2D eigenvalue weighted by atomic mass is 9.76. The third kappa shape index (κ3) is 5.06. The van der Waals surface area contributed by atoms with Crippen molar-refractivity contribution in [1.82, 2.24) is 9.80 Å². The molecule has 20 heavy (non-hydrogen) atoms. The fraction of sp³-hybridized carbons (Fsp3) is 0.938. The summed E-state index contributed by atoms with van der Waals surface area (Å²) in [5.41, 5.74) is 0. The number of hydrogen-bond acceptors (Lipinski definition) is 3. The van der Waals surface area contributed by atoms with E-state index in [-0.39, 0.29) is 12.0 Å². The fourth-order valence-corrected chi connectivity index (χ4v) is 3.44. The van der Waals surface area contributed by atoms with E-state index in [1.54, 1.807) is 0 Å². The molecule has 0 spiro atoms. The highest BCUT2D eigenvalue weighted by atomic mass is 16.4. The fourth-order valence-electron chi connectivity index (χ4n) is 3.44. The monoisotopic (exact) mass is 284 g/mol. The summed E-state index contributed by atoms with van der Waals surface area (Å²) in [6.07, 6.45) is 5.28. The Hall–Kier alpha value is -0.610. The molecule has 0 aromatic heterocycles. The quantitative estimate of drug-likeness (QED) is 0.744. The highest BCUT2D eigenvalue weighted by Crippen LogP contribution is 2.34. The molecule has 0 bridgehead atoms. The van der Waals surface area contributed by atoms with Crippen molar-refractivity contribution in [2.75, 3.05) is 33.7 Å². The zero-order chi connectivity index (χ0) is 15.1.